The summed E-state index contributed by atoms with van der Waals surface area (Å²) in [4.78, 5) is 37.1. The number of amides is 2. The Morgan fingerprint density at radius 2 is 1.79 bits per heavy atom. The van der Waals surface area contributed by atoms with Crippen LogP contribution >= 0.6 is 0 Å². The van der Waals surface area contributed by atoms with Crippen molar-refractivity contribution < 1.29 is 29.0 Å². The van der Waals surface area contributed by atoms with E-state index in [9.17, 15) is 19.5 Å². The van der Waals surface area contributed by atoms with E-state index < -0.39 is 29.9 Å². The summed E-state index contributed by atoms with van der Waals surface area (Å²) in [6.45, 7) is 6.12. The van der Waals surface area contributed by atoms with Gasteiger partial charge in [0.05, 0.1) is 0 Å². The number of aliphatic carboxylic acids is 1. The van der Waals surface area contributed by atoms with Gasteiger partial charge >= 0.3 is 18.2 Å². The van der Waals surface area contributed by atoms with E-state index >= 15 is 0 Å². The Morgan fingerprint density at radius 3 is 2.32 bits per heavy atom. The molecule has 0 saturated carbocycles. The molecule has 1 atom stereocenters. The molecule has 0 spiro atoms. The lowest BCUT2D eigenvalue weighted by atomic mass is 10.1. The molecule has 1 aromatic carbocycles. The number of carbonyl (C=O) groups excluding carboxylic acids is 2. The first-order valence-electron chi connectivity index (χ1n) is 9.36. The first-order valence-corrected chi connectivity index (χ1v) is 9.36. The predicted octanol–water partition coefficient (Wildman–Crippen LogP) is 2.81. The van der Waals surface area contributed by atoms with E-state index in [1.165, 1.54) is 4.90 Å². The maximum absolute atomic E-state index is 12.3. The lowest BCUT2D eigenvalue weighted by molar-refractivity contribution is -0.147. The third-order valence-corrected chi connectivity index (χ3v) is 4.26. The van der Waals surface area contributed by atoms with Crippen LogP contribution in [0.2, 0.25) is 0 Å². The number of carboxylic acid groups (broad SMARTS) is 1. The van der Waals surface area contributed by atoms with Gasteiger partial charge in [-0.3, -0.25) is 0 Å². The van der Waals surface area contributed by atoms with Crippen LogP contribution in [0.15, 0.2) is 30.3 Å². The van der Waals surface area contributed by atoms with Gasteiger partial charge in [-0.15, -0.1) is 0 Å². The number of nitrogens with zero attached hydrogens (tertiary/aromatic N) is 1. The first-order chi connectivity index (χ1) is 13.1. The number of carboxylic acids is 1. The van der Waals surface area contributed by atoms with Gasteiger partial charge in [-0.25, -0.2) is 14.4 Å². The molecule has 0 aromatic heterocycles. The van der Waals surface area contributed by atoms with Crippen LogP contribution in [0, 0.1) is 0 Å². The van der Waals surface area contributed by atoms with Crippen molar-refractivity contribution in [3.8, 4) is 0 Å². The van der Waals surface area contributed by atoms with E-state index in [0.717, 1.165) is 5.56 Å². The number of nitrogens with one attached hydrogen (secondary N) is 1. The van der Waals surface area contributed by atoms with E-state index in [2.05, 4.69) is 5.32 Å². The molecular formula is C20H28N2O6. The molecular weight excluding hydrogens is 364 g/mol. The summed E-state index contributed by atoms with van der Waals surface area (Å²) in [6, 6.07) is 8.92. The standard InChI is InChI=1S/C20H28N2O6/c1-20(2,3)28-18(25)21-15-9-11-22(12-10-15)19(26)27-16(17(23)24)13-14-7-5-4-6-8-14/h4-8,15-16H,9-13H2,1-3H3,(H,21,25)(H,23,24). The first kappa shape index (κ1) is 21.5. The van der Waals surface area contributed by atoms with E-state index in [0.29, 0.717) is 25.9 Å². The van der Waals surface area contributed by atoms with Crippen molar-refractivity contribution >= 4 is 18.2 Å². The van der Waals surface area contributed by atoms with Gasteiger partial charge in [0.1, 0.15) is 5.60 Å². The molecule has 2 amide bonds. The summed E-state index contributed by atoms with van der Waals surface area (Å²) in [5.41, 5.74) is 0.210. The van der Waals surface area contributed by atoms with Gasteiger partial charge in [0.25, 0.3) is 0 Å². The summed E-state index contributed by atoms with van der Waals surface area (Å²) in [5.74, 6) is -1.18. The number of likely N-dealkylation sites (tertiary alicyclic amines) is 1. The van der Waals surface area contributed by atoms with Crippen molar-refractivity contribution in [2.75, 3.05) is 13.1 Å². The van der Waals surface area contributed by atoms with E-state index in [1.54, 1.807) is 45.0 Å². The Bertz CT molecular complexity index is 678. The SMILES string of the molecule is CC(C)(C)OC(=O)NC1CCN(C(=O)OC(Cc2ccccc2)C(=O)O)CC1. The molecule has 1 unspecified atom stereocenters. The van der Waals surface area contributed by atoms with Crippen molar-refractivity contribution in [1.82, 2.24) is 10.2 Å². The number of carbonyl (C=O) groups is 3. The van der Waals surface area contributed by atoms with Gasteiger partial charge in [-0.2, -0.15) is 0 Å². The van der Waals surface area contributed by atoms with Gasteiger partial charge in [0.2, 0.25) is 6.10 Å². The Labute approximate surface area is 164 Å². The molecule has 8 nitrogen and oxygen atoms in total. The molecule has 1 aromatic rings. The monoisotopic (exact) mass is 392 g/mol. The lowest BCUT2D eigenvalue weighted by Gasteiger charge is -2.32. The zero-order chi connectivity index (χ0) is 20.7. The smallest absolute Gasteiger partial charge is 0.410 e. The van der Waals surface area contributed by atoms with Crippen molar-refractivity contribution in [2.45, 2.75) is 57.8 Å². The second-order valence-corrected chi connectivity index (χ2v) is 7.81. The molecule has 1 fully saturated rings. The number of hydrogen-bond donors (Lipinski definition) is 2. The Morgan fingerprint density at radius 1 is 1.18 bits per heavy atom. The number of ether oxygens (including phenoxy) is 2. The van der Waals surface area contributed by atoms with Crippen molar-refractivity contribution in [2.24, 2.45) is 0 Å². The molecule has 0 aliphatic carbocycles. The third kappa shape index (κ3) is 7.09. The topological polar surface area (TPSA) is 105 Å². The second-order valence-electron chi connectivity index (χ2n) is 7.81. The maximum Gasteiger partial charge on any atom is 0.410 e. The summed E-state index contributed by atoms with van der Waals surface area (Å²) in [6.07, 6.45) is -1.18. The quantitative estimate of drug-likeness (QED) is 0.798. The number of benzene rings is 1. The summed E-state index contributed by atoms with van der Waals surface area (Å²) >= 11 is 0. The van der Waals surface area contributed by atoms with Gasteiger partial charge < -0.3 is 24.8 Å². The molecule has 2 N–H and O–H groups in total. The Balaban J connectivity index is 1.81. The number of rotatable bonds is 5. The molecule has 1 heterocycles. The molecule has 1 aliphatic rings. The lowest BCUT2D eigenvalue weighted by Crippen LogP contribution is -2.48. The van der Waals surface area contributed by atoms with Crippen LogP contribution in [0.25, 0.3) is 0 Å². The number of hydrogen-bond acceptors (Lipinski definition) is 5. The van der Waals surface area contributed by atoms with Crippen LogP contribution in [-0.4, -0.2) is 59.0 Å². The van der Waals surface area contributed by atoms with Crippen LogP contribution < -0.4 is 5.32 Å². The van der Waals surface area contributed by atoms with Gasteiger partial charge in [0.15, 0.2) is 0 Å². The fourth-order valence-electron chi connectivity index (χ4n) is 2.88. The average Bonchev–Trinajstić information content (AvgIpc) is 2.60. The van der Waals surface area contributed by atoms with Crippen molar-refractivity contribution in [3.63, 3.8) is 0 Å². The fourth-order valence-corrected chi connectivity index (χ4v) is 2.88. The molecule has 2 rings (SSSR count). The minimum Gasteiger partial charge on any atom is -0.478 e. The molecule has 0 bridgehead atoms. The van der Waals surface area contributed by atoms with Crippen LogP contribution in [-0.2, 0) is 20.7 Å². The van der Waals surface area contributed by atoms with E-state index in [4.69, 9.17) is 9.47 Å². The normalized spacial score (nSPS) is 16.2. The number of alkyl carbamates (subject to hydrolysis) is 1. The van der Waals surface area contributed by atoms with E-state index in [-0.39, 0.29) is 12.5 Å². The largest absolute Gasteiger partial charge is 0.478 e. The minimum atomic E-state index is -1.24. The average molecular weight is 392 g/mol. The van der Waals surface area contributed by atoms with Gasteiger partial charge in [-0.1, -0.05) is 30.3 Å². The second kappa shape index (κ2) is 9.43. The summed E-state index contributed by atoms with van der Waals surface area (Å²) in [7, 11) is 0. The van der Waals surface area contributed by atoms with Gasteiger partial charge in [-0.05, 0) is 39.2 Å². The molecule has 28 heavy (non-hydrogen) atoms. The molecule has 154 valence electrons. The van der Waals surface area contributed by atoms with E-state index in [1.807, 2.05) is 6.07 Å². The van der Waals surface area contributed by atoms with Crippen LogP contribution in [0.3, 0.4) is 0 Å². The molecule has 1 aliphatic heterocycles. The minimum absolute atomic E-state index is 0.0986. The van der Waals surface area contributed by atoms with Crippen molar-refractivity contribution in [1.29, 1.82) is 0 Å². The Kier molecular flexibility index (Phi) is 7.25. The summed E-state index contributed by atoms with van der Waals surface area (Å²) < 4.78 is 10.4. The zero-order valence-electron chi connectivity index (χ0n) is 16.5. The maximum atomic E-state index is 12.3. The highest BCUT2D eigenvalue weighted by molar-refractivity contribution is 5.77. The summed E-state index contributed by atoms with van der Waals surface area (Å²) in [5, 5.41) is 12.2. The fraction of sp³-hybridized carbons (Fsp3) is 0.550. The number of piperidine rings is 1. The highest BCUT2D eigenvalue weighted by Crippen LogP contribution is 2.15. The molecule has 0 radical (unpaired) electrons. The Hall–Kier alpha value is -2.77. The predicted molar refractivity (Wildman–Crippen MR) is 102 cm³/mol. The third-order valence-electron chi connectivity index (χ3n) is 4.26. The molecule has 1 saturated heterocycles. The van der Waals surface area contributed by atoms with Crippen LogP contribution in [0.1, 0.15) is 39.2 Å². The molecule has 8 heteroatoms. The van der Waals surface area contributed by atoms with Crippen molar-refractivity contribution in [3.05, 3.63) is 35.9 Å². The van der Waals surface area contributed by atoms with Crippen LogP contribution in [0.4, 0.5) is 9.59 Å². The van der Waals surface area contributed by atoms with Gasteiger partial charge in [0, 0.05) is 25.6 Å². The highest BCUT2D eigenvalue weighted by atomic mass is 16.6. The zero-order valence-corrected chi connectivity index (χ0v) is 16.5. The van der Waals surface area contributed by atoms with Crippen LogP contribution in [0.5, 0.6) is 0 Å². The highest BCUT2D eigenvalue weighted by Gasteiger charge is 2.30.